The van der Waals surface area contributed by atoms with Gasteiger partial charge in [0.05, 0.1) is 0 Å². The maximum Gasteiger partial charge on any atom is 0.222 e. The number of likely N-dealkylation sites (tertiary alicyclic amines) is 1. The van der Waals surface area contributed by atoms with Crippen LogP contribution in [0, 0.1) is 5.92 Å². The molecule has 2 fully saturated rings. The van der Waals surface area contributed by atoms with E-state index in [1.54, 1.807) is 0 Å². The molecule has 6 heteroatoms. The first-order valence-corrected chi connectivity index (χ1v) is 12.2. The van der Waals surface area contributed by atoms with E-state index in [1.165, 1.54) is 24.1 Å². The summed E-state index contributed by atoms with van der Waals surface area (Å²) in [4.78, 5) is 27.1. The fourth-order valence-corrected chi connectivity index (χ4v) is 5.47. The molecule has 2 aliphatic heterocycles. The number of aryl methyl sites for hydroxylation is 1. The molecule has 1 aromatic carbocycles. The molecule has 3 heterocycles. The van der Waals surface area contributed by atoms with E-state index in [0.717, 1.165) is 81.9 Å². The van der Waals surface area contributed by atoms with E-state index < -0.39 is 0 Å². The summed E-state index contributed by atoms with van der Waals surface area (Å²) in [7, 11) is 0. The number of nitrogens with zero attached hydrogens (tertiary/aromatic N) is 4. The largest absolute Gasteiger partial charge is 0.356 e. The molecule has 31 heavy (non-hydrogen) atoms. The second-order valence-corrected chi connectivity index (χ2v) is 9.67. The molecule has 0 radical (unpaired) electrons. The number of piperidine rings is 1. The van der Waals surface area contributed by atoms with Crippen LogP contribution in [0.25, 0.3) is 11.4 Å². The lowest BCUT2D eigenvalue weighted by Gasteiger charge is -2.35. The molecule has 2 aromatic rings. The highest BCUT2D eigenvalue weighted by Gasteiger charge is 2.28. The number of halogens is 1. The zero-order valence-electron chi connectivity index (χ0n) is 18.2. The quantitative estimate of drug-likeness (QED) is 0.680. The van der Waals surface area contributed by atoms with E-state index in [1.807, 2.05) is 24.3 Å². The topological polar surface area (TPSA) is 49.3 Å². The van der Waals surface area contributed by atoms with Gasteiger partial charge in [-0.3, -0.25) is 4.79 Å². The van der Waals surface area contributed by atoms with Crippen LogP contribution in [-0.2, 0) is 17.6 Å². The molecule has 1 amide bonds. The highest BCUT2D eigenvalue weighted by atomic mass is 35.5. The molecular weight excluding hydrogens is 408 g/mol. The van der Waals surface area contributed by atoms with Crippen molar-refractivity contribution in [2.24, 2.45) is 5.92 Å². The van der Waals surface area contributed by atoms with Gasteiger partial charge in [-0.15, -0.1) is 0 Å². The van der Waals surface area contributed by atoms with E-state index in [0.29, 0.717) is 23.3 Å². The minimum absolute atomic E-state index is 0.360. The Morgan fingerprint density at radius 3 is 2.55 bits per heavy atom. The van der Waals surface area contributed by atoms with Gasteiger partial charge < -0.3 is 9.80 Å². The lowest BCUT2D eigenvalue weighted by atomic mass is 9.91. The first kappa shape index (κ1) is 20.7. The van der Waals surface area contributed by atoms with E-state index in [-0.39, 0.29) is 0 Å². The molecule has 5 rings (SSSR count). The number of carbonyl (C=O) groups excluding carboxylic acids is 1. The van der Waals surface area contributed by atoms with Crippen LogP contribution in [0.3, 0.4) is 0 Å². The second-order valence-electron chi connectivity index (χ2n) is 9.24. The molecule has 0 saturated carbocycles. The lowest BCUT2D eigenvalue weighted by molar-refractivity contribution is -0.131. The number of amides is 1. The van der Waals surface area contributed by atoms with Gasteiger partial charge in [0.15, 0.2) is 5.82 Å². The van der Waals surface area contributed by atoms with Gasteiger partial charge in [0.1, 0.15) is 5.82 Å². The summed E-state index contributed by atoms with van der Waals surface area (Å²) in [6.45, 7) is 3.85. The number of rotatable bonds is 4. The molecular formula is C25H31ClN4O. The average molecular weight is 439 g/mol. The summed E-state index contributed by atoms with van der Waals surface area (Å²) >= 11 is 6.23. The van der Waals surface area contributed by atoms with Crippen molar-refractivity contribution in [2.45, 2.75) is 57.8 Å². The minimum Gasteiger partial charge on any atom is -0.356 e. The fourth-order valence-electron chi connectivity index (χ4n) is 5.28. The van der Waals surface area contributed by atoms with E-state index in [4.69, 9.17) is 21.6 Å². The van der Waals surface area contributed by atoms with Gasteiger partial charge in [-0.2, -0.15) is 0 Å². The van der Waals surface area contributed by atoms with Crippen molar-refractivity contribution < 1.29 is 4.79 Å². The van der Waals surface area contributed by atoms with Gasteiger partial charge in [0.25, 0.3) is 0 Å². The van der Waals surface area contributed by atoms with Crippen molar-refractivity contribution in [3.63, 3.8) is 0 Å². The van der Waals surface area contributed by atoms with Crippen molar-refractivity contribution in [3.05, 3.63) is 40.5 Å². The Bertz CT molecular complexity index is 949. The summed E-state index contributed by atoms with van der Waals surface area (Å²) in [5.41, 5.74) is 3.52. The average Bonchev–Trinajstić information content (AvgIpc) is 3.34. The smallest absolute Gasteiger partial charge is 0.222 e. The van der Waals surface area contributed by atoms with Crippen LogP contribution in [0.4, 0.5) is 5.82 Å². The van der Waals surface area contributed by atoms with Gasteiger partial charge in [0, 0.05) is 54.4 Å². The van der Waals surface area contributed by atoms with Crippen molar-refractivity contribution in [3.8, 4) is 11.4 Å². The zero-order chi connectivity index (χ0) is 21.2. The predicted octanol–water partition coefficient (Wildman–Crippen LogP) is 4.90. The summed E-state index contributed by atoms with van der Waals surface area (Å²) in [6.07, 6.45) is 9.65. The van der Waals surface area contributed by atoms with Crippen molar-refractivity contribution in [1.29, 1.82) is 0 Å². The monoisotopic (exact) mass is 438 g/mol. The molecule has 0 spiro atoms. The third-order valence-corrected chi connectivity index (χ3v) is 7.32. The standard InChI is InChI=1S/C25H31ClN4O/c26-20-7-5-6-19(17-20)24-27-22-9-2-1-8-21(22)25(28-24)30-14-10-18(11-15-30)16-23(31)29-12-3-4-13-29/h5-7,17-18H,1-4,8-16H2. The number of aromatic nitrogens is 2. The number of carbonyl (C=O) groups is 1. The molecule has 0 atom stereocenters. The SMILES string of the molecule is O=C(CC1CCN(c2nc(-c3cccc(Cl)c3)nc3c2CCCC3)CC1)N1CCCC1. The number of hydrogen-bond acceptors (Lipinski definition) is 4. The normalized spacial score (nSPS) is 19.5. The van der Waals surface area contributed by atoms with Gasteiger partial charge in [-0.25, -0.2) is 9.97 Å². The molecule has 2 saturated heterocycles. The van der Waals surface area contributed by atoms with Crippen molar-refractivity contribution in [1.82, 2.24) is 14.9 Å². The van der Waals surface area contributed by atoms with Crippen LogP contribution in [0.1, 0.15) is 56.2 Å². The number of fused-ring (bicyclic) bond motifs is 1. The number of benzene rings is 1. The van der Waals surface area contributed by atoms with Crippen LogP contribution in [-0.4, -0.2) is 47.0 Å². The maximum atomic E-state index is 12.6. The first-order valence-electron chi connectivity index (χ1n) is 11.9. The van der Waals surface area contributed by atoms with Crippen LogP contribution >= 0.6 is 11.6 Å². The molecule has 0 N–H and O–H groups in total. The summed E-state index contributed by atoms with van der Waals surface area (Å²) < 4.78 is 0. The molecule has 164 valence electrons. The van der Waals surface area contributed by atoms with E-state index >= 15 is 0 Å². The molecule has 1 aromatic heterocycles. The van der Waals surface area contributed by atoms with Gasteiger partial charge in [-0.1, -0.05) is 23.7 Å². The minimum atomic E-state index is 0.360. The van der Waals surface area contributed by atoms with Crippen LogP contribution in [0.5, 0.6) is 0 Å². The molecule has 0 bridgehead atoms. The Morgan fingerprint density at radius 2 is 1.77 bits per heavy atom. The highest BCUT2D eigenvalue weighted by molar-refractivity contribution is 6.30. The zero-order valence-corrected chi connectivity index (χ0v) is 18.9. The predicted molar refractivity (Wildman–Crippen MR) is 124 cm³/mol. The van der Waals surface area contributed by atoms with Crippen LogP contribution in [0.2, 0.25) is 5.02 Å². The molecule has 0 unspecified atom stereocenters. The van der Waals surface area contributed by atoms with Gasteiger partial charge in [0.2, 0.25) is 5.91 Å². The Morgan fingerprint density at radius 1 is 1.00 bits per heavy atom. The fraction of sp³-hybridized carbons (Fsp3) is 0.560. The lowest BCUT2D eigenvalue weighted by Crippen LogP contribution is -2.38. The van der Waals surface area contributed by atoms with Gasteiger partial charge in [-0.05, 0) is 69.4 Å². The van der Waals surface area contributed by atoms with Crippen molar-refractivity contribution in [2.75, 3.05) is 31.1 Å². The second kappa shape index (κ2) is 9.15. The number of anilines is 1. The maximum absolute atomic E-state index is 12.6. The third-order valence-electron chi connectivity index (χ3n) is 7.08. The van der Waals surface area contributed by atoms with Crippen molar-refractivity contribution >= 4 is 23.3 Å². The Kier molecular flexibility index (Phi) is 6.13. The Hall–Kier alpha value is -2.14. The summed E-state index contributed by atoms with van der Waals surface area (Å²) in [5.74, 6) is 2.75. The van der Waals surface area contributed by atoms with Crippen LogP contribution in [0.15, 0.2) is 24.3 Å². The van der Waals surface area contributed by atoms with E-state index in [2.05, 4.69) is 9.80 Å². The molecule has 3 aliphatic rings. The Balaban J connectivity index is 1.34. The molecule has 1 aliphatic carbocycles. The molecule has 5 nitrogen and oxygen atoms in total. The third kappa shape index (κ3) is 4.57. The Labute approximate surface area is 189 Å². The first-order chi connectivity index (χ1) is 15.2. The number of hydrogen-bond donors (Lipinski definition) is 0. The summed E-state index contributed by atoms with van der Waals surface area (Å²) in [5, 5.41) is 0.712. The van der Waals surface area contributed by atoms with E-state index in [9.17, 15) is 4.79 Å². The van der Waals surface area contributed by atoms with Crippen LogP contribution < -0.4 is 4.90 Å². The summed E-state index contributed by atoms with van der Waals surface area (Å²) in [6, 6.07) is 7.84. The van der Waals surface area contributed by atoms with Gasteiger partial charge >= 0.3 is 0 Å². The highest BCUT2D eigenvalue weighted by Crippen LogP contribution is 2.34.